The molecule has 1 amide bonds. The van der Waals surface area contributed by atoms with E-state index in [0.29, 0.717) is 16.9 Å². The fraction of sp³-hybridized carbons (Fsp3) is 0.211. The average Bonchev–Trinajstić information content (AvgIpc) is 3.06. The number of amides is 1. The van der Waals surface area contributed by atoms with Gasteiger partial charge in [0.15, 0.2) is 15.7 Å². The van der Waals surface area contributed by atoms with Crippen LogP contribution in [-0.2, 0) is 20.8 Å². The van der Waals surface area contributed by atoms with E-state index >= 15 is 0 Å². The molecule has 0 saturated carbocycles. The van der Waals surface area contributed by atoms with E-state index in [4.69, 9.17) is 11.6 Å². The maximum absolute atomic E-state index is 12.7. The number of benzene rings is 1. The van der Waals surface area contributed by atoms with Crippen LogP contribution in [0.2, 0.25) is 5.02 Å². The summed E-state index contributed by atoms with van der Waals surface area (Å²) in [6, 6.07) is 9.04. The Balaban J connectivity index is 1.72. The molecule has 7 nitrogen and oxygen atoms in total. The monoisotopic (exact) mass is 472 g/mol. The fourth-order valence-electron chi connectivity index (χ4n) is 2.63. The summed E-state index contributed by atoms with van der Waals surface area (Å²) >= 11 is 5.75. The van der Waals surface area contributed by atoms with Crippen LogP contribution in [0.1, 0.15) is 17.7 Å². The zero-order valence-corrected chi connectivity index (χ0v) is 17.6. The topological polar surface area (TPSA) is 94.0 Å². The van der Waals surface area contributed by atoms with Gasteiger partial charge in [0, 0.05) is 23.7 Å². The molecule has 0 atom stereocenters. The Morgan fingerprint density at radius 3 is 2.42 bits per heavy atom. The van der Waals surface area contributed by atoms with E-state index in [1.165, 1.54) is 35.0 Å². The quantitative estimate of drug-likeness (QED) is 0.584. The van der Waals surface area contributed by atoms with Gasteiger partial charge in [0.2, 0.25) is 5.91 Å². The second kappa shape index (κ2) is 8.67. The van der Waals surface area contributed by atoms with Crippen LogP contribution in [0.15, 0.2) is 53.6 Å². The number of halogens is 4. The second-order valence-electron chi connectivity index (χ2n) is 6.56. The molecule has 0 spiro atoms. The van der Waals surface area contributed by atoms with E-state index in [-0.39, 0.29) is 23.0 Å². The van der Waals surface area contributed by atoms with Gasteiger partial charge in [-0.15, -0.1) is 0 Å². The largest absolute Gasteiger partial charge is 0.417 e. The number of hydrogen-bond donors (Lipinski definition) is 1. The van der Waals surface area contributed by atoms with Crippen molar-refractivity contribution in [1.82, 2.24) is 14.8 Å². The van der Waals surface area contributed by atoms with E-state index < -0.39 is 33.2 Å². The van der Waals surface area contributed by atoms with Crippen LogP contribution in [0.25, 0.3) is 5.82 Å². The molecular formula is C19H16ClF3N4O3S. The van der Waals surface area contributed by atoms with Crippen molar-refractivity contribution in [3.8, 4) is 5.82 Å². The number of aromatic nitrogens is 3. The zero-order valence-electron chi connectivity index (χ0n) is 16.0. The number of aryl methyl sites for hydroxylation is 1. The first-order chi connectivity index (χ1) is 14.5. The maximum atomic E-state index is 12.7. The molecule has 3 aromatic rings. The molecule has 0 bridgehead atoms. The van der Waals surface area contributed by atoms with Gasteiger partial charge < -0.3 is 5.32 Å². The Hall–Kier alpha value is -2.92. The van der Waals surface area contributed by atoms with E-state index in [1.54, 1.807) is 6.92 Å². The van der Waals surface area contributed by atoms with Gasteiger partial charge in [0.1, 0.15) is 5.82 Å². The van der Waals surface area contributed by atoms with Crippen molar-refractivity contribution in [3.05, 3.63) is 64.9 Å². The van der Waals surface area contributed by atoms with Crippen molar-refractivity contribution < 1.29 is 26.4 Å². The van der Waals surface area contributed by atoms with Crippen molar-refractivity contribution in [2.45, 2.75) is 24.4 Å². The average molecular weight is 473 g/mol. The second-order valence-corrected chi connectivity index (χ2v) is 9.10. The third-order valence-electron chi connectivity index (χ3n) is 4.16. The first-order valence-corrected chi connectivity index (χ1v) is 10.9. The minimum Gasteiger partial charge on any atom is -0.310 e. The summed E-state index contributed by atoms with van der Waals surface area (Å²) in [5.74, 6) is -0.832. The highest BCUT2D eigenvalue weighted by Crippen LogP contribution is 2.29. The van der Waals surface area contributed by atoms with Gasteiger partial charge in [-0.25, -0.2) is 13.4 Å². The molecule has 2 aromatic heterocycles. The van der Waals surface area contributed by atoms with Gasteiger partial charge >= 0.3 is 6.18 Å². The molecule has 0 fully saturated rings. The Morgan fingerprint density at radius 1 is 1.16 bits per heavy atom. The number of sulfone groups is 1. The molecular weight excluding hydrogens is 457 g/mol. The first-order valence-electron chi connectivity index (χ1n) is 8.84. The molecule has 0 unspecified atom stereocenters. The molecule has 164 valence electrons. The molecule has 1 aromatic carbocycles. The van der Waals surface area contributed by atoms with Gasteiger partial charge in [0.25, 0.3) is 0 Å². The highest BCUT2D eigenvalue weighted by atomic mass is 35.5. The number of nitrogens with one attached hydrogen (secondary N) is 1. The van der Waals surface area contributed by atoms with Crippen molar-refractivity contribution in [2.24, 2.45) is 0 Å². The van der Waals surface area contributed by atoms with Crippen molar-refractivity contribution in [3.63, 3.8) is 0 Å². The fourth-order valence-corrected chi connectivity index (χ4v) is 4.00. The number of alkyl halides is 3. The Morgan fingerprint density at radius 2 is 1.84 bits per heavy atom. The maximum Gasteiger partial charge on any atom is 0.417 e. The summed E-state index contributed by atoms with van der Waals surface area (Å²) in [5.41, 5.74) is -0.441. The van der Waals surface area contributed by atoms with E-state index in [1.807, 2.05) is 0 Å². The lowest BCUT2D eigenvalue weighted by molar-refractivity contribution is -0.137. The lowest BCUT2D eigenvalue weighted by Gasteiger charge is -2.10. The van der Waals surface area contributed by atoms with Crippen molar-refractivity contribution >= 4 is 33.2 Å². The summed E-state index contributed by atoms with van der Waals surface area (Å²) in [6.45, 7) is 1.63. The summed E-state index contributed by atoms with van der Waals surface area (Å²) < 4.78 is 64.1. The van der Waals surface area contributed by atoms with Gasteiger partial charge in [-0.2, -0.15) is 23.0 Å². The SMILES string of the molecule is Cc1cc(NC(=O)CCS(=O)(=O)c2ccc(Cl)cc2)n(-c2ccc(C(F)(F)F)cn2)n1. The van der Waals surface area contributed by atoms with Crippen LogP contribution in [0.4, 0.5) is 19.0 Å². The molecule has 1 N–H and O–H groups in total. The van der Waals surface area contributed by atoms with Gasteiger partial charge in [-0.1, -0.05) is 11.6 Å². The Kier molecular flexibility index (Phi) is 6.37. The lowest BCUT2D eigenvalue weighted by Crippen LogP contribution is -2.19. The van der Waals surface area contributed by atoms with Gasteiger partial charge in [-0.3, -0.25) is 4.79 Å². The minimum absolute atomic E-state index is 0.0412. The predicted molar refractivity (Wildman–Crippen MR) is 108 cm³/mol. The number of anilines is 1. The predicted octanol–water partition coefficient (Wildman–Crippen LogP) is 4.05. The van der Waals surface area contributed by atoms with E-state index in [0.717, 1.165) is 12.1 Å². The van der Waals surface area contributed by atoms with Gasteiger partial charge in [-0.05, 0) is 43.3 Å². The van der Waals surface area contributed by atoms with Crippen LogP contribution in [0.5, 0.6) is 0 Å². The van der Waals surface area contributed by atoms with Crippen LogP contribution in [0.3, 0.4) is 0 Å². The van der Waals surface area contributed by atoms with Crippen LogP contribution in [-0.4, -0.2) is 34.8 Å². The molecule has 0 aliphatic heterocycles. The molecule has 2 heterocycles. The summed E-state index contributed by atoms with van der Waals surface area (Å²) in [5, 5.41) is 7.03. The Labute approximate surface area is 180 Å². The van der Waals surface area contributed by atoms with Crippen molar-refractivity contribution in [2.75, 3.05) is 11.1 Å². The summed E-state index contributed by atoms with van der Waals surface area (Å²) in [6.07, 6.45) is -4.20. The number of carbonyl (C=O) groups is 1. The number of pyridine rings is 1. The number of hydrogen-bond acceptors (Lipinski definition) is 5. The third kappa shape index (κ3) is 5.61. The van der Waals surface area contributed by atoms with Gasteiger partial charge in [0.05, 0.1) is 21.9 Å². The van der Waals surface area contributed by atoms with Crippen LogP contribution < -0.4 is 5.32 Å². The normalized spacial score (nSPS) is 12.0. The zero-order chi connectivity index (χ0) is 22.8. The molecule has 3 rings (SSSR count). The Bertz CT molecular complexity index is 1190. The number of carbonyl (C=O) groups excluding carboxylic acids is 1. The van der Waals surface area contributed by atoms with E-state index in [9.17, 15) is 26.4 Å². The first kappa shape index (κ1) is 22.8. The smallest absolute Gasteiger partial charge is 0.310 e. The molecule has 0 radical (unpaired) electrons. The van der Waals surface area contributed by atoms with Crippen LogP contribution in [0, 0.1) is 6.92 Å². The molecule has 31 heavy (non-hydrogen) atoms. The lowest BCUT2D eigenvalue weighted by atomic mass is 10.3. The number of nitrogens with zero attached hydrogens (tertiary/aromatic N) is 3. The molecule has 12 heteroatoms. The molecule has 0 aliphatic rings. The molecule has 0 aliphatic carbocycles. The number of rotatable bonds is 6. The van der Waals surface area contributed by atoms with Crippen LogP contribution >= 0.6 is 11.6 Å². The third-order valence-corrected chi connectivity index (χ3v) is 6.15. The van der Waals surface area contributed by atoms with E-state index in [2.05, 4.69) is 15.4 Å². The highest BCUT2D eigenvalue weighted by molar-refractivity contribution is 7.91. The molecule has 0 saturated heterocycles. The standard InChI is InChI=1S/C19H16ClF3N4O3S/c1-12-10-17(27(26-12)16-7-2-13(11-24-16)19(21,22)23)25-18(28)8-9-31(29,30)15-5-3-14(20)4-6-15/h2-7,10-11H,8-9H2,1H3,(H,25,28). The summed E-state index contributed by atoms with van der Waals surface area (Å²) in [4.78, 5) is 16.1. The summed E-state index contributed by atoms with van der Waals surface area (Å²) in [7, 11) is -3.70. The highest BCUT2D eigenvalue weighted by Gasteiger charge is 2.30. The minimum atomic E-state index is -4.53. The van der Waals surface area contributed by atoms with Crippen molar-refractivity contribution in [1.29, 1.82) is 0 Å².